The number of hydrogen-bond donors (Lipinski definition) is 1. The molecule has 0 atom stereocenters. The molecule has 0 spiro atoms. The topological polar surface area (TPSA) is 90.9 Å². The molecule has 0 fully saturated rings. The van der Waals surface area contributed by atoms with Gasteiger partial charge in [-0.05, 0) is 40.2 Å². The second-order valence-corrected chi connectivity index (χ2v) is 6.42. The van der Waals surface area contributed by atoms with Crippen LogP contribution in [0.2, 0.25) is 0 Å². The van der Waals surface area contributed by atoms with Crippen molar-refractivity contribution in [2.45, 2.75) is 13.0 Å². The van der Waals surface area contributed by atoms with E-state index in [0.29, 0.717) is 10.4 Å². The van der Waals surface area contributed by atoms with E-state index >= 15 is 0 Å². The summed E-state index contributed by atoms with van der Waals surface area (Å²) >= 11 is 3.27. The smallest absolute Gasteiger partial charge is 0.326 e. The minimum absolute atomic E-state index is 0.0629. The number of aryl methyl sites for hydroxylation is 2. The van der Waals surface area contributed by atoms with Crippen LogP contribution < -0.4 is 16.6 Å². The summed E-state index contributed by atoms with van der Waals surface area (Å²) < 4.78 is 17.1. The molecule has 3 aromatic rings. The maximum Gasteiger partial charge on any atom is 0.332 e. The molecule has 3 rings (SSSR count). The van der Waals surface area contributed by atoms with Crippen LogP contribution in [0.1, 0.15) is 6.42 Å². The maximum atomic E-state index is 12.9. The zero-order chi connectivity index (χ0) is 19.0. The minimum atomic E-state index is -0.486. The molecule has 0 aliphatic heterocycles. The lowest BCUT2D eigenvalue weighted by Gasteiger charge is -2.08. The first kappa shape index (κ1) is 18.1. The second kappa shape index (κ2) is 6.87. The number of halogens is 2. The molecule has 0 aliphatic rings. The maximum absolute atomic E-state index is 12.9. The average molecular weight is 424 g/mol. The highest BCUT2D eigenvalue weighted by molar-refractivity contribution is 9.10. The fourth-order valence-corrected chi connectivity index (χ4v) is 3.12. The van der Waals surface area contributed by atoms with E-state index in [1.165, 1.54) is 42.9 Å². The Morgan fingerprint density at radius 3 is 2.50 bits per heavy atom. The standard InChI is InChI=1S/C16H15BrFN5O3/c1-21-13-12(14(25)22(2)16(21)26)23(15(17)20-13)8-7-11(24)19-10-5-3-9(18)4-6-10/h3-6H,7-8H2,1-2H3,(H,19,24). The van der Waals surface area contributed by atoms with Gasteiger partial charge in [-0.15, -0.1) is 0 Å². The predicted molar refractivity (Wildman–Crippen MR) is 97.6 cm³/mol. The zero-order valence-electron chi connectivity index (χ0n) is 14.0. The number of fused-ring (bicyclic) bond motifs is 1. The van der Waals surface area contributed by atoms with Crippen LogP contribution in [0.3, 0.4) is 0 Å². The summed E-state index contributed by atoms with van der Waals surface area (Å²) in [7, 11) is 2.91. The number of benzene rings is 1. The van der Waals surface area contributed by atoms with Crippen LogP contribution in [0, 0.1) is 5.82 Å². The van der Waals surface area contributed by atoms with Gasteiger partial charge in [0.2, 0.25) is 5.91 Å². The number of amides is 1. The van der Waals surface area contributed by atoms with Crippen LogP contribution in [0.5, 0.6) is 0 Å². The van der Waals surface area contributed by atoms with E-state index < -0.39 is 17.1 Å². The van der Waals surface area contributed by atoms with Gasteiger partial charge in [-0.3, -0.25) is 18.7 Å². The van der Waals surface area contributed by atoms with Crippen LogP contribution in [-0.2, 0) is 25.4 Å². The number of nitrogens with one attached hydrogen (secondary N) is 1. The van der Waals surface area contributed by atoms with Gasteiger partial charge in [0.1, 0.15) is 5.82 Å². The summed E-state index contributed by atoms with van der Waals surface area (Å²) in [6, 6.07) is 5.42. The van der Waals surface area contributed by atoms with Gasteiger partial charge in [0, 0.05) is 32.7 Å². The molecule has 2 heterocycles. The Balaban J connectivity index is 1.86. The van der Waals surface area contributed by atoms with Crippen molar-refractivity contribution in [1.82, 2.24) is 18.7 Å². The fraction of sp³-hybridized carbons (Fsp3) is 0.250. The normalized spacial score (nSPS) is 11.1. The second-order valence-electron chi connectivity index (χ2n) is 5.72. The molecule has 136 valence electrons. The lowest BCUT2D eigenvalue weighted by atomic mass is 10.3. The number of carbonyl (C=O) groups excluding carboxylic acids is 1. The predicted octanol–water partition coefficient (Wildman–Crippen LogP) is 1.36. The Morgan fingerprint density at radius 2 is 1.85 bits per heavy atom. The Labute approximate surface area is 155 Å². The Bertz CT molecular complexity index is 1110. The van der Waals surface area contributed by atoms with Crippen LogP contribution in [0.25, 0.3) is 11.2 Å². The summed E-state index contributed by atoms with van der Waals surface area (Å²) in [5, 5.41) is 2.65. The number of rotatable bonds is 4. The van der Waals surface area contributed by atoms with Gasteiger partial charge in [0.15, 0.2) is 15.9 Å². The highest BCUT2D eigenvalue weighted by Gasteiger charge is 2.18. The Morgan fingerprint density at radius 1 is 1.19 bits per heavy atom. The number of anilines is 1. The quantitative estimate of drug-likeness (QED) is 0.641. The van der Waals surface area contributed by atoms with Crippen LogP contribution in [0.15, 0.2) is 38.6 Å². The lowest BCUT2D eigenvalue weighted by Crippen LogP contribution is -2.37. The minimum Gasteiger partial charge on any atom is -0.326 e. The lowest BCUT2D eigenvalue weighted by molar-refractivity contribution is -0.116. The largest absolute Gasteiger partial charge is 0.332 e. The van der Waals surface area contributed by atoms with Crippen molar-refractivity contribution in [3.8, 4) is 0 Å². The molecule has 0 aliphatic carbocycles. The zero-order valence-corrected chi connectivity index (χ0v) is 15.6. The molecule has 0 saturated heterocycles. The summed E-state index contributed by atoms with van der Waals surface area (Å²) in [5.41, 5.74) is -0.0156. The number of nitrogens with zero attached hydrogens (tertiary/aromatic N) is 4. The number of aromatic nitrogens is 4. The molecule has 1 aromatic carbocycles. The van der Waals surface area contributed by atoms with Crippen molar-refractivity contribution in [3.63, 3.8) is 0 Å². The van der Waals surface area contributed by atoms with Crippen LogP contribution in [-0.4, -0.2) is 24.6 Å². The first-order chi connectivity index (χ1) is 12.3. The van der Waals surface area contributed by atoms with Crippen molar-refractivity contribution in [3.05, 3.63) is 55.7 Å². The van der Waals surface area contributed by atoms with Crippen molar-refractivity contribution >= 4 is 38.7 Å². The fourth-order valence-electron chi connectivity index (χ4n) is 2.59. The molecule has 0 saturated carbocycles. The van der Waals surface area contributed by atoms with Gasteiger partial charge in [0.05, 0.1) is 0 Å². The first-order valence-corrected chi connectivity index (χ1v) is 8.46. The van der Waals surface area contributed by atoms with E-state index in [-0.39, 0.29) is 30.0 Å². The van der Waals surface area contributed by atoms with E-state index in [9.17, 15) is 18.8 Å². The molecule has 2 aromatic heterocycles. The third-order valence-corrected chi connectivity index (χ3v) is 4.60. The Hall–Kier alpha value is -2.75. The molecule has 0 radical (unpaired) electrons. The Kier molecular flexibility index (Phi) is 4.77. The summed E-state index contributed by atoms with van der Waals surface area (Å²) in [6.45, 7) is 0.178. The van der Waals surface area contributed by atoms with Gasteiger partial charge in [-0.2, -0.15) is 0 Å². The highest BCUT2D eigenvalue weighted by atomic mass is 79.9. The summed E-state index contributed by atoms with van der Waals surface area (Å²) in [4.78, 5) is 40.7. The molecule has 0 bridgehead atoms. The van der Waals surface area contributed by atoms with Crippen molar-refractivity contribution in [2.75, 3.05) is 5.32 Å². The molecular formula is C16H15BrFN5O3. The van der Waals surface area contributed by atoms with Gasteiger partial charge in [-0.25, -0.2) is 14.2 Å². The summed E-state index contributed by atoms with van der Waals surface area (Å²) in [5.74, 6) is -0.690. The molecule has 26 heavy (non-hydrogen) atoms. The van der Waals surface area contributed by atoms with Gasteiger partial charge >= 0.3 is 5.69 Å². The third-order valence-electron chi connectivity index (χ3n) is 3.99. The monoisotopic (exact) mass is 423 g/mol. The molecule has 10 heteroatoms. The van der Waals surface area contributed by atoms with E-state index in [4.69, 9.17) is 0 Å². The number of hydrogen-bond acceptors (Lipinski definition) is 4. The van der Waals surface area contributed by atoms with Crippen molar-refractivity contribution < 1.29 is 9.18 Å². The van der Waals surface area contributed by atoms with Crippen molar-refractivity contribution in [1.29, 1.82) is 0 Å². The van der Waals surface area contributed by atoms with Gasteiger partial charge < -0.3 is 9.88 Å². The van der Waals surface area contributed by atoms with Gasteiger partial charge in [-0.1, -0.05) is 0 Å². The number of carbonyl (C=O) groups is 1. The molecule has 1 N–H and O–H groups in total. The molecule has 0 unspecified atom stereocenters. The third kappa shape index (κ3) is 3.19. The van der Waals surface area contributed by atoms with E-state index in [1.807, 2.05) is 0 Å². The van der Waals surface area contributed by atoms with Crippen molar-refractivity contribution in [2.24, 2.45) is 14.1 Å². The van der Waals surface area contributed by atoms with Gasteiger partial charge in [0.25, 0.3) is 5.56 Å². The van der Waals surface area contributed by atoms with E-state index in [0.717, 1.165) is 4.57 Å². The first-order valence-electron chi connectivity index (χ1n) is 7.66. The highest BCUT2D eigenvalue weighted by Crippen LogP contribution is 2.17. The van der Waals surface area contributed by atoms with E-state index in [1.54, 1.807) is 4.57 Å². The molecule has 1 amide bonds. The van der Waals surface area contributed by atoms with E-state index in [2.05, 4.69) is 26.2 Å². The molecular weight excluding hydrogens is 409 g/mol. The van der Waals surface area contributed by atoms with Crippen LogP contribution >= 0.6 is 15.9 Å². The molecule has 8 nitrogen and oxygen atoms in total. The number of imidazole rings is 1. The average Bonchev–Trinajstić information content (AvgIpc) is 2.95. The van der Waals surface area contributed by atoms with Crippen LogP contribution in [0.4, 0.5) is 10.1 Å². The summed E-state index contributed by atoms with van der Waals surface area (Å²) in [6.07, 6.45) is 0.0629. The SMILES string of the molecule is Cn1c(=O)c2c(nc(Br)n2CCC(=O)Nc2ccc(F)cc2)n(C)c1=O.